The van der Waals surface area contributed by atoms with E-state index in [4.69, 9.17) is 14.0 Å². The highest BCUT2D eigenvalue weighted by molar-refractivity contribution is 6.62. The highest BCUT2D eigenvalue weighted by Gasteiger charge is 2.51. The highest BCUT2D eigenvalue weighted by Crippen LogP contribution is 2.36. The maximum Gasteiger partial charge on any atom is 0.494 e. The van der Waals surface area contributed by atoms with Gasteiger partial charge in [-0.1, -0.05) is 24.3 Å². The van der Waals surface area contributed by atoms with Crippen LogP contribution >= 0.6 is 0 Å². The van der Waals surface area contributed by atoms with Crippen LogP contribution in [-0.4, -0.2) is 53.3 Å². The fraction of sp³-hybridized carbons (Fsp3) is 0.652. The van der Waals surface area contributed by atoms with Crippen LogP contribution in [0.3, 0.4) is 0 Å². The van der Waals surface area contributed by atoms with Crippen molar-refractivity contribution < 1.29 is 23.6 Å². The van der Waals surface area contributed by atoms with E-state index in [1.54, 1.807) is 4.90 Å². The molecule has 7 heteroatoms. The number of hydrogen-bond acceptors (Lipinski definition) is 5. The van der Waals surface area contributed by atoms with Gasteiger partial charge in [-0.25, -0.2) is 4.79 Å². The van der Waals surface area contributed by atoms with Crippen LogP contribution in [0.25, 0.3) is 0 Å². The summed E-state index contributed by atoms with van der Waals surface area (Å²) in [7, 11) is -0.459. The van der Waals surface area contributed by atoms with Crippen LogP contribution in [0.15, 0.2) is 24.3 Å². The summed E-state index contributed by atoms with van der Waals surface area (Å²) in [6.45, 7) is 14.1. The molecule has 2 fully saturated rings. The van der Waals surface area contributed by atoms with Crippen LogP contribution in [0.2, 0.25) is 0 Å². The molecule has 1 aromatic carbocycles. The molecule has 2 aliphatic heterocycles. The van der Waals surface area contributed by atoms with Crippen LogP contribution in [0, 0.1) is 0 Å². The molecule has 0 saturated carbocycles. The minimum absolute atomic E-state index is 0.0770. The lowest BCUT2D eigenvalue weighted by Crippen LogP contribution is -2.51. The lowest BCUT2D eigenvalue weighted by atomic mass is 9.78. The summed E-state index contributed by atoms with van der Waals surface area (Å²) in [5.74, 6) is 0.0770. The molecule has 0 radical (unpaired) electrons. The molecular weight excluding hydrogens is 381 g/mol. The molecule has 1 atom stereocenters. The number of benzene rings is 1. The van der Waals surface area contributed by atoms with E-state index in [1.807, 2.05) is 72.7 Å². The first-order valence-electron chi connectivity index (χ1n) is 10.8. The zero-order chi connectivity index (χ0) is 22.3. The van der Waals surface area contributed by atoms with E-state index >= 15 is 0 Å². The second-order valence-corrected chi connectivity index (χ2v) is 10.3. The van der Waals surface area contributed by atoms with Crippen molar-refractivity contribution in [2.24, 2.45) is 0 Å². The van der Waals surface area contributed by atoms with Gasteiger partial charge in [0.05, 0.1) is 17.2 Å². The first kappa shape index (κ1) is 22.8. The predicted octanol–water partition coefficient (Wildman–Crippen LogP) is 3.50. The molecule has 0 aliphatic carbocycles. The van der Waals surface area contributed by atoms with E-state index in [0.29, 0.717) is 25.8 Å². The number of nitrogens with zero attached hydrogens (tertiary/aromatic N) is 1. The Balaban J connectivity index is 1.78. The van der Waals surface area contributed by atoms with E-state index in [9.17, 15) is 9.59 Å². The van der Waals surface area contributed by atoms with E-state index in [0.717, 1.165) is 11.0 Å². The van der Waals surface area contributed by atoms with Crippen LogP contribution in [0.5, 0.6) is 0 Å². The van der Waals surface area contributed by atoms with Gasteiger partial charge in [0.25, 0.3) is 0 Å². The fourth-order valence-electron chi connectivity index (χ4n) is 3.75. The maximum absolute atomic E-state index is 12.7. The zero-order valence-corrected chi connectivity index (χ0v) is 19.3. The number of carbonyl (C=O) groups excluding carboxylic acids is 2. The number of rotatable bonds is 3. The van der Waals surface area contributed by atoms with Crippen molar-refractivity contribution in [1.82, 2.24) is 4.90 Å². The van der Waals surface area contributed by atoms with Crippen LogP contribution < -0.4 is 5.46 Å². The largest absolute Gasteiger partial charge is 0.494 e. The van der Waals surface area contributed by atoms with Crippen LogP contribution in [0.4, 0.5) is 4.79 Å². The van der Waals surface area contributed by atoms with Crippen molar-refractivity contribution in [3.63, 3.8) is 0 Å². The van der Waals surface area contributed by atoms with Gasteiger partial charge in [0.15, 0.2) is 5.78 Å². The summed E-state index contributed by atoms with van der Waals surface area (Å²) in [6, 6.07) is 7.39. The van der Waals surface area contributed by atoms with Gasteiger partial charge in [0.2, 0.25) is 0 Å². The number of piperidine rings is 1. The standard InChI is InChI=1S/C23H34BNO5/c1-21(2,3)28-20(27)25-13-9-12-19(26)18(25)15-16-10-8-11-17(14-16)24-29-22(4,5)23(6,7)30-24/h8,10-11,14,18H,9,12-13,15H2,1-7H3. The first-order chi connectivity index (χ1) is 13.8. The summed E-state index contributed by atoms with van der Waals surface area (Å²) < 4.78 is 17.9. The molecule has 0 spiro atoms. The Labute approximate surface area is 180 Å². The molecule has 1 amide bonds. The topological polar surface area (TPSA) is 65.1 Å². The summed E-state index contributed by atoms with van der Waals surface area (Å²) in [5.41, 5.74) is 0.453. The molecule has 2 saturated heterocycles. The molecule has 2 aliphatic rings. The highest BCUT2D eigenvalue weighted by atomic mass is 16.7. The monoisotopic (exact) mass is 415 g/mol. The van der Waals surface area contributed by atoms with Crippen LogP contribution in [-0.2, 0) is 25.3 Å². The lowest BCUT2D eigenvalue weighted by molar-refractivity contribution is -0.126. The number of amides is 1. The van der Waals surface area contributed by atoms with E-state index in [2.05, 4.69) is 0 Å². The third kappa shape index (κ3) is 4.89. The molecule has 2 heterocycles. The van der Waals surface area contributed by atoms with Crippen molar-refractivity contribution in [2.45, 2.75) is 90.6 Å². The van der Waals surface area contributed by atoms with E-state index < -0.39 is 36.1 Å². The fourth-order valence-corrected chi connectivity index (χ4v) is 3.75. The Hall–Kier alpha value is -1.86. The van der Waals surface area contributed by atoms with Gasteiger partial charge in [-0.05, 0) is 65.9 Å². The Morgan fingerprint density at radius 3 is 2.43 bits per heavy atom. The molecule has 0 N–H and O–H groups in total. The Morgan fingerprint density at radius 1 is 1.20 bits per heavy atom. The molecule has 30 heavy (non-hydrogen) atoms. The number of likely N-dealkylation sites (tertiary alicyclic amines) is 1. The number of ether oxygens (including phenoxy) is 1. The minimum Gasteiger partial charge on any atom is -0.444 e. The number of Topliss-reactive ketones (excluding diaryl/α,β-unsaturated/α-hetero) is 1. The van der Waals surface area contributed by atoms with Gasteiger partial charge in [-0.3, -0.25) is 9.69 Å². The average molecular weight is 415 g/mol. The quantitative estimate of drug-likeness (QED) is 0.708. The summed E-state index contributed by atoms with van der Waals surface area (Å²) in [6.07, 6.45) is 1.18. The third-order valence-corrected chi connectivity index (χ3v) is 6.10. The number of carbonyl (C=O) groups is 2. The minimum atomic E-state index is -0.598. The van der Waals surface area contributed by atoms with Gasteiger partial charge < -0.3 is 14.0 Å². The van der Waals surface area contributed by atoms with Crippen molar-refractivity contribution in [1.29, 1.82) is 0 Å². The van der Waals surface area contributed by atoms with Crippen molar-refractivity contribution in [2.75, 3.05) is 6.54 Å². The second kappa shape index (κ2) is 8.01. The van der Waals surface area contributed by atoms with Crippen molar-refractivity contribution in [3.8, 4) is 0 Å². The van der Waals surface area contributed by atoms with Crippen LogP contribution in [0.1, 0.15) is 66.9 Å². The second-order valence-electron chi connectivity index (χ2n) is 10.3. The Bertz CT molecular complexity index is 798. The molecule has 1 aromatic rings. The molecule has 0 aromatic heterocycles. The molecule has 3 rings (SSSR count). The smallest absolute Gasteiger partial charge is 0.444 e. The first-order valence-corrected chi connectivity index (χ1v) is 10.8. The molecule has 1 unspecified atom stereocenters. The lowest BCUT2D eigenvalue weighted by Gasteiger charge is -2.36. The van der Waals surface area contributed by atoms with Gasteiger partial charge in [-0.2, -0.15) is 0 Å². The zero-order valence-electron chi connectivity index (χ0n) is 19.3. The van der Waals surface area contributed by atoms with Gasteiger partial charge >= 0.3 is 13.2 Å². The van der Waals surface area contributed by atoms with Crippen molar-refractivity contribution in [3.05, 3.63) is 29.8 Å². The van der Waals surface area contributed by atoms with E-state index in [1.165, 1.54) is 0 Å². The van der Waals surface area contributed by atoms with Gasteiger partial charge in [0.1, 0.15) is 5.60 Å². The number of hydrogen-bond donors (Lipinski definition) is 0. The van der Waals surface area contributed by atoms with E-state index in [-0.39, 0.29) is 5.78 Å². The summed E-state index contributed by atoms with van der Waals surface area (Å²) in [4.78, 5) is 27.0. The Kier molecular flexibility index (Phi) is 6.09. The predicted molar refractivity (Wildman–Crippen MR) is 117 cm³/mol. The average Bonchev–Trinajstić information content (AvgIpc) is 2.83. The van der Waals surface area contributed by atoms with Gasteiger partial charge in [0, 0.05) is 19.4 Å². The normalized spacial score (nSPS) is 23.6. The number of ketones is 1. The summed E-state index contributed by atoms with van der Waals surface area (Å²) in [5, 5.41) is 0. The Morgan fingerprint density at radius 2 is 1.83 bits per heavy atom. The maximum atomic E-state index is 12.7. The summed E-state index contributed by atoms with van der Waals surface area (Å²) >= 11 is 0. The van der Waals surface area contributed by atoms with Gasteiger partial charge in [-0.15, -0.1) is 0 Å². The third-order valence-electron chi connectivity index (χ3n) is 6.10. The SMILES string of the molecule is CC(C)(C)OC(=O)N1CCCC(=O)C1Cc1cccc(B2OC(C)(C)C(C)(C)O2)c1. The molecular formula is C23H34BNO5. The van der Waals surface area contributed by atoms with Crippen molar-refractivity contribution >= 4 is 24.5 Å². The molecule has 0 bridgehead atoms. The molecule has 164 valence electrons. The molecule has 6 nitrogen and oxygen atoms in total.